The van der Waals surface area contributed by atoms with Gasteiger partial charge in [0.15, 0.2) is 0 Å². The van der Waals surface area contributed by atoms with Crippen molar-refractivity contribution in [2.45, 2.75) is 89.6 Å². The molecule has 30 heavy (non-hydrogen) atoms. The van der Waals surface area contributed by atoms with E-state index in [2.05, 4.69) is 23.8 Å². The van der Waals surface area contributed by atoms with Crippen LogP contribution in [0.5, 0.6) is 0 Å². The maximum Gasteiger partial charge on any atom is 0.347 e. The first-order chi connectivity index (χ1) is 14.5. The molecule has 1 aliphatic rings. The molecule has 0 bridgehead atoms. The minimum Gasteiger partial charge on any atom is -0.469 e. The lowest BCUT2D eigenvalue weighted by Crippen LogP contribution is -2.34. The average Bonchev–Trinajstić information content (AvgIpc) is 2.98. The molecular formula is C23H37N3O4. The normalized spacial score (nSPS) is 18.1. The largest absolute Gasteiger partial charge is 0.469 e. The molecule has 2 heterocycles. The fourth-order valence-electron chi connectivity index (χ4n) is 3.92. The van der Waals surface area contributed by atoms with Crippen LogP contribution >= 0.6 is 0 Å². The molecule has 0 fully saturated rings. The van der Waals surface area contributed by atoms with Gasteiger partial charge in [0.1, 0.15) is 0 Å². The lowest BCUT2D eigenvalue weighted by molar-refractivity contribution is -0.140. The molecule has 1 aromatic rings. The molecule has 2 unspecified atom stereocenters. The first-order valence-electron chi connectivity index (χ1n) is 11.3. The third-order valence-corrected chi connectivity index (χ3v) is 5.74. The van der Waals surface area contributed by atoms with E-state index in [-0.39, 0.29) is 29.4 Å². The van der Waals surface area contributed by atoms with Crippen LogP contribution in [0.25, 0.3) is 0 Å². The fourth-order valence-corrected chi connectivity index (χ4v) is 3.92. The molecule has 0 saturated carbocycles. The summed E-state index contributed by atoms with van der Waals surface area (Å²) in [4.78, 5) is 36.3. The van der Waals surface area contributed by atoms with Crippen molar-refractivity contribution < 1.29 is 9.53 Å². The second-order valence-corrected chi connectivity index (χ2v) is 8.06. The van der Waals surface area contributed by atoms with Gasteiger partial charge in [-0.15, -0.1) is 0 Å². The van der Waals surface area contributed by atoms with Gasteiger partial charge < -0.3 is 4.74 Å². The highest BCUT2D eigenvalue weighted by Gasteiger charge is 2.26. The third-order valence-electron chi connectivity index (χ3n) is 5.74. The molecule has 7 heteroatoms. The maximum absolute atomic E-state index is 12.6. The number of methoxy groups -OCH3 is 1. The fraction of sp³-hybridized carbons (Fsp3) is 0.696. The number of hydrogen-bond acceptors (Lipinski definition) is 4. The zero-order valence-corrected chi connectivity index (χ0v) is 18.7. The molecule has 0 spiro atoms. The summed E-state index contributed by atoms with van der Waals surface area (Å²) in [7, 11) is 2.97. The van der Waals surface area contributed by atoms with E-state index in [0.717, 1.165) is 64.2 Å². The standard InChI is InChI=1S/C23H37N3O4/c1-4-5-11-14-19-17-18-20(26-23(29)24(2)22(28)25(19)26)15-12-9-7-6-8-10-13-16-21(27)30-3/h12,15,17-20H,4-11,13-14,16H2,1-3H3/b15-12+. The first-order valence-corrected chi connectivity index (χ1v) is 11.3. The number of ether oxygens (including phenoxy) is 1. The summed E-state index contributed by atoms with van der Waals surface area (Å²) in [6.07, 6.45) is 19.1. The van der Waals surface area contributed by atoms with E-state index in [1.807, 2.05) is 12.2 Å². The number of esters is 1. The van der Waals surface area contributed by atoms with E-state index in [1.54, 1.807) is 16.4 Å². The molecule has 0 radical (unpaired) electrons. The average molecular weight is 420 g/mol. The van der Waals surface area contributed by atoms with Crippen molar-refractivity contribution in [1.29, 1.82) is 0 Å². The van der Waals surface area contributed by atoms with E-state index in [0.29, 0.717) is 6.42 Å². The summed E-state index contributed by atoms with van der Waals surface area (Å²) < 4.78 is 9.08. The second kappa shape index (κ2) is 12.4. The summed E-state index contributed by atoms with van der Waals surface area (Å²) in [5.41, 5.74) is -0.499. The van der Waals surface area contributed by atoms with Gasteiger partial charge in [0.05, 0.1) is 19.2 Å². The Labute approximate surface area is 179 Å². The predicted octanol–water partition coefficient (Wildman–Crippen LogP) is 4.04. The number of unbranched alkanes of at least 4 members (excludes halogenated alkanes) is 7. The molecule has 7 nitrogen and oxygen atoms in total. The molecule has 1 aromatic heterocycles. The van der Waals surface area contributed by atoms with Crippen LogP contribution < -0.4 is 11.4 Å². The van der Waals surface area contributed by atoms with Gasteiger partial charge in [-0.2, -0.15) is 0 Å². The molecule has 0 aliphatic carbocycles. The van der Waals surface area contributed by atoms with E-state index >= 15 is 0 Å². The Bertz CT molecular complexity index is 844. The van der Waals surface area contributed by atoms with E-state index in [9.17, 15) is 14.4 Å². The Balaban J connectivity index is 1.87. The van der Waals surface area contributed by atoms with Crippen LogP contribution in [-0.2, 0) is 16.6 Å². The Morgan fingerprint density at radius 3 is 2.43 bits per heavy atom. The molecule has 0 N–H and O–H groups in total. The van der Waals surface area contributed by atoms with Gasteiger partial charge in [-0.3, -0.25) is 4.79 Å². The van der Waals surface area contributed by atoms with Crippen LogP contribution in [0.1, 0.15) is 89.6 Å². The van der Waals surface area contributed by atoms with E-state index < -0.39 is 0 Å². The van der Waals surface area contributed by atoms with Crippen molar-refractivity contribution in [2.24, 2.45) is 7.05 Å². The van der Waals surface area contributed by atoms with Crippen molar-refractivity contribution in [3.05, 3.63) is 45.3 Å². The van der Waals surface area contributed by atoms with Crippen LogP contribution in [0.3, 0.4) is 0 Å². The SMILES string of the molecule is CCCCCC1C=CC(/C=C/CCCCCCCC(=O)OC)n2c(=O)n(C)c(=O)n21. The number of rotatable bonds is 13. The lowest BCUT2D eigenvalue weighted by atomic mass is 10.0. The topological polar surface area (TPSA) is 75.2 Å². The van der Waals surface area contributed by atoms with Crippen LogP contribution in [0, 0.1) is 0 Å². The number of nitrogens with zero attached hydrogens (tertiary/aromatic N) is 3. The van der Waals surface area contributed by atoms with Crippen LogP contribution in [0.4, 0.5) is 0 Å². The van der Waals surface area contributed by atoms with Gasteiger partial charge in [-0.1, -0.05) is 69.8 Å². The zero-order chi connectivity index (χ0) is 21.9. The summed E-state index contributed by atoms with van der Waals surface area (Å²) in [6, 6.07) is -0.263. The highest BCUT2D eigenvalue weighted by atomic mass is 16.5. The molecule has 0 aromatic carbocycles. The molecule has 0 amide bonds. The van der Waals surface area contributed by atoms with Crippen LogP contribution in [0.15, 0.2) is 33.9 Å². The van der Waals surface area contributed by atoms with Crippen molar-refractivity contribution in [3.8, 4) is 0 Å². The Hall–Kier alpha value is -2.31. The quantitative estimate of drug-likeness (QED) is 0.275. The minimum atomic E-state index is -0.259. The molecular weight excluding hydrogens is 382 g/mol. The van der Waals surface area contributed by atoms with E-state index in [4.69, 9.17) is 0 Å². The van der Waals surface area contributed by atoms with Crippen molar-refractivity contribution in [3.63, 3.8) is 0 Å². The first kappa shape index (κ1) is 24.0. The van der Waals surface area contributed by atoms with Gasteiger partial charge >= 0.3 is 17.3 Å². The number of carbonyl (C=O) groups excluding carboxylic acids is 1. The van der Waals surface area contributed by atoms with Crippen molar-refractivity contribution in [2.75, 3.05) is 7.11 Å². The number of aromatic nitrogens is 3. The highest BCUT2D eigenvalue weighted by Crippen LogP contribution is 2.24. The summed E-state index contributed by atoms with van der Waals surface area (Å²) in [5, 5.41) is 0. The highest BCUT2D eigenvalue weighted by molar-refractivity contribution is 5.68. The van der Waals surface area contributed by atoms with Gasteiger partial charge in [-0.25, -0.2) is 23.5 Å². The summed E-state index contributed by atoms with van der Waals surface area (Å²) in [6.45, 7) is 2.16. The second-order valence-electron chi connectivity index (χ2n) is 8.06. The number of carbonyl (C=O) groups is 1. The zero-order valence-electron chi connectivity index (χ0n) is 18.7. The Morgan fingerprint density at radius 2 is 1.70 bits per heavy atom. The van der Waals surface area contributed by atoms with Crippen LogP contribution in [0.2, 0.25) is 0 Å². The Kier molecular flexibility index (Phi) is 9.91. The smallest absolute Gasteiger partial charge is 0.347 e. The Morgan fingerprint density at radius 1 is 1.00 bits per heavy atom. The molecule has 0 saturated heterocycles. The molecule has 168 valence electrons. The van der Waals surface area contributed by atoms with Crippen molar-refractivity contribution >= 4 is 5.97 Å². The number of fused-ring (bicyclic) bond motifs is 1. The third kappa shape index (κ3) is 6.34. The summed E-state index contributed by atoms with van der Waals surface area (Å²) in [5.74, 6) is -0.138. The molecule has 1 aliphatic heterocycles. The number of hydrogen-bond donors (Lipinski definition) is 0. The van der Waals surface area contributed by atoms with Gasteiger partial charge in [0.2, 0.25) is 0 Å². The van der Waals surface area contributed by atoms with Gasteiger partial charge in [0, 0.05) is 13.5 Å². The number of allylic oxidation sites excluding steroid dienone is 4. The minimum absolute atomic E-state index is 0.0485. The van der Waals surface area contributed by atoms with Crippen molar-refractivity contribution in [1.82, 2.24) is 13.9 Å². The van der Waals surface area contributed by atoms with Crippen LogP contribution in [-0.4, -0.2) is 27.0 Å². The maximum atomic E-state index is 12.6. The van der Waals surface area contributed by atoms with E-state index in [1.165, 1.54) is 11.7 Å². The monoisotopic (exact) mass is 419 g/mol. The lowest BCUT2D eigenvalue weighted by Gasteiger charge is -2.25. The molecule has 2 rings (SSSR count). The van der Waals surface area contributed by atoms with Gasteiger partial charge in [0.25, 0.3) is 0 Å². The molecule has 2 atom stereocenters. The predicted molar refractivity (Wildman–Crippen MR) is 119 cm³/mol. The van der Waals surface area contributed by atoms with Gasteiger partial charge in [-0.05, 0) is 25.7 Å². The summed E-state index contributed by atoms with van der Waals surface area (Å²) >= 11 is 0.